The van der Waals surface area contributed by atoms with Crippen molar-refractivity contribution in [1.29, 1.82) is 0 Å². The van der Waals surface area contributed by atoms with Gasteiger partial charge in [-0.05, 0) is 50.4 Å². The van der Waals surface area contributed by atoms with Gasteiger partial charge in [-0.15, -0.1) is 0 Å². The normalized spacial score (nSPS) is 17.3. The maximum absolute atomic E-state index is 9.59. The summed E-state index contributed by atoms with van der Waals surface area (Å²) in [6.07, 6.45) is 2.48. The minimum absolute atomic E-state index is 0.371. The molecule has 2 rings (SSSR count). The van der Waals surface area contributed by atoms with E-state index in [0.29, 0.717) is 5.75 Å². The lowest BCUT2D eigenvalue weighted by Crippen LogP contribution is -2.31. The SMILES string of the molecule is Cc1ccc(NCC2CCNCC2)cc1O. The Bertz CT molecular complexity index is 346. The van der Waals surface area contributed by atoms with Gasteiger partial charge in [-0.3, -0.25) is 0 Å². The van der Waals surface area contributed by atoms with Crippen LogP contribution in [0.15, 0.2) is 18.2 Å². The van der Waals surface area contributed by atoms with Crippen LogP contribution in [-0.4, -0.2) is 24.7 Å². The fourth-order valence-corrected chi connectivity index (χ4v) is 2.07. The lowest BCUT2D eigenvalue weighted by atomic mass is 9.98. The third-order valence-electron chi connectivity index (χ3n) is 3.26. The van der Waals surface area contributed by atoms with Gasteiger partial charge in [0.05, 0.1) is 0 Å². The van der Waals surface area contributed by atoms with Crippen molar-refractivity contribution in [2.45, 2.75) is 19.8 Å². The fraction of sp³-hybridized carbons (Fsp3) is 0.538. The van der Waals surface area contributed by atoms with Crippen LogP contribution in [0.2, 0.25) is 0 Å². The zero-order chi connectivity index (χ0) is 11.4. The van der Waals surface area contributed by atoms with Gasteiger partial charge in [-0.25, -0.2) is 0 Å². The van der Waals surface area contributed by atoms with Crippen molar-refractivity contribution >= 4 is 5.69 Å². The highest BCUT2D eigenvalue weighted by atomic mass is 16.3. The lowest BCUT2D eigenvalue weighted by Gasteiger charge is -2.23. The van der Waals surface area contributed by atoms with Crippen LogP contribution in [-0.2, 0) is 0 Å². The molecule has 3 nitrogen and oxygen atoms in total. The van der Waals surface area contributed by atoms with E-state index in [1.165, 1.54) is 12.8 Å². The second-order valence-corrected chi connectivity index (χ2v) is 4.58. The Hall–Kier alpha value is -1.22. The fourth-order valence-electron chi connectivity index (χ4n) is 2.07. The Morgan fingerprint density at radius 2 is 2.12 bits per heavy atom. The molecule has 0 saturated carbocycles. The summed E-state index contributed by atoms with van der Waals surface area (Å²) in [6.45, 7) is 5.17. The number of hydrogen-bond acceptors (Lipinski definition) is 3. The molecular formula is C13H20N2O. The van der Waals surface area contributed by atoms with Crippen LogP contribution in [0, 0.1) is 12.8 Å². The second-order valence-electron chi connectivity index (χ2n) is 4.58. The highest BCUT2D eigenvalue weighted by Crippen LogP contribution is 2.21. The van der Waals surface area contributed by atoms with Gasteiger partial charge < -0.3 is 15.7 Å². The van der Waals surface area contributed by atoms with Crippen molar-refractivity contribution in [3.8, 4) is 5.75 Å². The van der Waals surface area contributed by atoms with E-state index in [1.807, 2.05) is 19.1 Å². The topological polar surface area (TPSA) is 44.3 Å². The first-order valence-corrected chi connectivity index (χ1v) is 6.00. The number of phenolic OH excluding ortho intramolecular Hbond substituents is 1. The number of aryl methyl sites for hydroxylation is 1. The zero-order valence-corrected chi connectivity index (χ0v) is 9.79. The predicted octanol–water partition coefficient (Wildman–Crippen LogP) is 2.11. The largest absolute Gasteiger partial charge is 0.508 e. The molecule has 1 aromatic rings. The first-order chi connectivity index (χ1) is 7.75. The summed E-state index contributed by atoms with van der Waals surface area (Å²) < 4.78 is 0. The smallest absolute Gasteiger partial charge is 0.120 e. The molecule has 1 aliphatic heterocycles. The van der Waals surface area contributed by atoms with Gasteiger partial charge in [0.1, 0.15) is 5.75 Å². The molecule has 88 valence electrons. The number of benzene rings is 1. The Morgan fingerprint density at radius 3 is 2.81 bits per heavy atom. The van der Waals surface area contributed by atoms with E-state index >= 15 is 0 Å². The Balaban J connectivity index is 1.86. The van der Waals surface area contributed by atoms with Crippen molar-refractivity contribution in [2.24, 2.45) is 5.92 Å². The van der Waals surface area contributed by atoms with Crippen LogP contribution in [0.1, 0.15) is 18.4 Å². The monoisotopic (exact) mass is 220 g/mol. The number of piperidine rings is 1. The van der Waals surface area contributed by atoms with E-state index in [1.54, 1.807) is 6.07 Å². The molecule has 0 atom stereocenters. The number of nitrogens with one attached hydrogen (secondary N) is 2. The molecule has 0 aliphatic carbocycles. The first kappa shape index (κ1) is 11.3. The van der Waals surface area contributed by atoms with Gasteiger partial charge in [0.2, 0.25) is 0 Å². The summed E-state index contributed by atoms with van der Waals surface area (Å²) in [7, 11) is 0. The number of phenols is 1. The van der Waals surface area contributed by atoms with Crippen LogP contribution in [0.4, 0.5) is 5.69 Å². The van der Waals surface area contributed by atoms with E-state index in [-0.39, 0.29) is 0 Å². The maximum atomic E-state index is 9.59. The van der Waals surface area contributed by atoms with Gasteiger partial charge in [0.15, 0.2) is 0 Å². The van der Waals surface area contributed by atoms with Crippen LogP contribution in [0.25, 0.3) is 0 Å². The summed E-state index contributed by atoms with van der Waals surface area (Å²) >= 11 is 0. The van der Waals surface area contributed by atoms with Crippen LogP contribution in [0.3, 0.4) is 0 Å². The van der Waals surface area contributed by atoms with Gasteiger partial charge in [0.25, 0.3) is 0 Å². The minimum atomic E-state index is 0.371. The summed E-state index contributed by atoms with van der Waals surface area (Å²) in [5.74, 6) is 1.13. The number of aromatic hydroxyl groups is 1. The van der Waals surface area contributed by atoms with E-state index < -0.39 is 0 Å². The van der Waals surface area contributed by atoms with Crippen LogP contribution in [0.5, 0.6) is 5.75 Å². The molecule has 1 saturated heterocycles. The van der Waals surface area contributed by atoms with Crippen LogP contribution < -0.4 is 10.6 Å². The standard InChI is InChI=1S/C13H20N2O/c1-10-2-3-12(8-13(10)16)15-9-11-4-6-14-7-5-11/h2-3,8,11,14-16H,4-7,9H2,1H3. The Kier molecular flexibility index (Phi) is 3.67. The van der Waals surface area contributed by atoms with E-state index in [9.17, 15) is 5.11 Å². The number of anilines is 1. The predicted molar refractivity (Wildman–Crippen MR) is 66.9 cm³/mol. The quantitative estimate of drug-likeness (QED) is 0.731. The Labute approximate surface area is 96.9 Å². The van der Waals surface area contributed by atoms with Crippen molar-refractivity contribution in [1.82, 2.24) is 5.32 Å². The molecular weight excluding hydrogens is 200 g/mol. The highest BCUT2D eigenvalue weighted by Gasteiger charge is 2.12. The molecule has 3 N–H and O–H groups in total. The van der Waals surface area contributed by atoms with Crippen molar-refractivity contribution in [3.05, 3.63) is 23.8 Å². The molecule has 0 aromatic heterocycles. The highest BCUT2D eigenvalue weighted by molar-refractivity contribution is 5.50. The van der Waals surface area contributed by atoms with E-state index in [4.69, 9.17) is 0 Å². The molecule has 0 unspecified atom stereocenters. The third kappa shape index (κ3) is 2.89. The van der Waals surface area contributed by atoms with Crippen molar-refractivity contribution in [2.75, 3.05) is 25.0 Å². The van der Waals surface area contributed by atoms with Gasteiger partial charge in [0, 0.05) is 18.3 Å². The molecule has 3 heteroatoms. The molecule has 0 bridgehead atoms. The summed E-state index contributed by atoms with van der Waals surface area (Å²) in [6, 6.07) is 5.77. The summed E-state index contributed by atoms with van der Waals surface area (Å²) in [5.41, 5.74) is 1.94. The average molecular weight is 220 g/mol. The third-order valence-corrected chi connectivity index (χ3v) is 3.26. The molecule has 16 heavy (non-hydrogen) atoms. The van der Waals surface area contributed by atoms with Gasteiger partial charge in [-0.1, -0.05) is 6.07 Å². The number of hydrogen-bond donors (Lipinski definition) is 3. The zero-order valence-electron chi connectivity index (χ0n) is 9.79. The minimum Gasteiger partial charge on any atom is -0.508 e. The average Bonchev–Trinajstić information content (AvgIpc) is 2.32. The second kappa shape index (κ2) is 5.21. The molecule has 1 fully saturated rings. The van der Waals surface area contributed by atoms with Gasteiger partial charge in [-0.2, -0.15) is 0 Å². The van der Waals surface area contributed by atoms with Crippen molar-refractivity contribution in [3.63, 3.8) is 0 Å². The molecule has 1 aliphatic rings. The van der Waals surface area contributed by atoms with E-state index in [2.05, 4.69) is 10.6 Å². The first-order valence-electron chi connectivity index (χ1n) is 6.00. The lowest BCUT2D eigenvalue weighted by molar-refractivity contribution is 0.390. The molecule has 0 radical (unpaired) electrons. The van der Waals surface area contributed by atoms with Crippen molar-refractivity contribution < 1.29 is 5.11 Å². The molecule has 0 amide bonds. The van der Waals surface area contributed by atoms with Gasteiger partial charge >= 0.3 is 0 Å². The van der Waals surface area contributed by atoms with E-state index in [0.717, 1.165) is 36.8 Å². The molecule has 0 spiro atoms. The van der Waals surface area contributed by atoms with Crippen LogP contribution >= 0.6 is 0 Å². The molecule has 1 heterocycles. The summed E-state index contributed by atoms with van der Waals surface area (Å²) in [5, 5.41) is 16.3. The number of rotatable bonds is 3. The Morgan fingerprint density at radius 1 is 1.38 bits per heavy atom. The summed E-state index contributed by atoms with van der Waals surface area (Å²) in [4.78, 5) is 0. The molecule has 1 aromatic carbocycles. The maximum Gasteiger partial charge on any atom is 0.120 e.